The van der Waals surface area contributed by atoms with Gasteiger partial charge in [-0.25, -0.2) is 9.97 Å². The molecule has 1 aromatic heterocycles. The third-order valence-electron chi connectivity index (χ3n) is 5.06. The van der Waals surface area contributed by atoms with E-state index in [9.17, 15) is 0 Å². The molecule has 0 spiro atoms. The normalized spacial score (nSPS) is 10.9. The van der Waals surface area contributed by atoms with Crippen molar-refractivity contribution in [3.63, 3.8) is 0 Å². The quantitative estimate of drug-likeness (QED) is 0.277. The first-order chi connectivity index (χ1) is 17.1. The van der Waals surface area contributed by atoms with E-state index in [1.54, 1.807) is 32.4 Å². The molecule has 35 heavy (non-hydrogen) atoms. The summed E-state index contributed by atoms with van der Waals surface area (Å²) in [6, 6.07) is 18.3. The van der Waals surface area contributed by atoms with Gasteiger partial charge in [-0.2, -0.15) is 0 Å². The molecule has 0 aliphatic heterocycles. The smallest absolute Gasteiger partial charge is 0.163 e. The van der Waals surface area contributed by atoms with Crippen LogP contribution in [-0.2, 0) is 9.47 Å². The van der Waals surface area contributed by atoms with E-state index in [1.165, 1.54) is 0 Å². The van der Waals surface area contributed by atoms with Gasteiger partial charge in [0.2, 0.25) is 0 Å². The Kier molecular flexibility index (Phi) is 8.20. The van der Waals surface area contributed by atoms with E-state index < -0.39 is 0 Å². The molecule has 9 heteroatoms. The Morgan fingerprint density at radius 2 is 1.43 bits per heavy atom. The Bertz CT molecular complexity index is 1280. The second kappa shape index (κ2) is 11.7. The summed E-state index contributed by atoms with van der Waals surface area (Å²) in [4.78, 5) is 9.22. The summed E-state index contributed by atoms with van der Waals surface area (Å²) in [5.74, 6) is 3.12. The summed E-state index contributed by atoms with van der Waals surface area (Å²) in [5, 5.41) is 1.20. The molecule has 3 aromatic carbocycles. The number of nitrogens with zero attached hydrogens (tertiary/aromatic N) is 2. The Hall–Kier alpha value is -3.59. The van der Waals surface area contributed by atoms with Gasteiger partial charge in [-0.05, 0) is 42.5 Å². The van der Waals surface area contributed by atoms with Crippen molar-refractivity contribution >= 4 is 28.3 Å². The Morgan fingerprint density at radius 3 is 2.09 bits per heavy atom. The van der Waals surface area contributed by atoms with Crippen molar-refractivity contribution in [1.29, 1.82) is 0 Å². The monoisotopic (exact) mass is 495 g/mol. The lowest BCUT2D eigenvalue weighted by Gasteiger charge is -2.15. The minimum atomic E-state index is 0.335. The van der Waals surface area contributed by atoms with Crippen LogP contribution >= 0.6 is 11.6 Å². The van der Waals surface area contributed by atoms with Gasteiger partial charge in [0.1, 0.15) is 30.5 Å². The molecule has 4 rings (SSSR count). The fourth-order valence-electron chi connectivity index (χ4n) is 3.31. The molecule has 0 unspecified atom stereocenters. The summed E-state index contributed by atoms with van der Waals surface area (Å²) in [5.41, 5.74) is 7.73. The van der Waals surface area contributed by atoms with Gasteiger partial charge in [-0.1, -0.05) is 23.7 Å². The van der Waals surface area contributed by atoms with Crippen molar-refractivity contribution in [3.05, 3.63) is 65.7 Å². The third-order valence-corrected chi connectivity index (χ3v) is 5.37. The highest BCUT2D eigenvalue weighted by molar-refractivity contribution is 6.32. The van der Waals surface area contributed by atoms with Crippen molar-refractivity contribution in [2.24, 2.45) is 0 Å². The van der Waals surface area contributed by atoms with Crippen molar-refractivity contribution in [2.45, 2.75) is 0 Å². The Labute approximate surface area is 208 Å². The zero-order chi connectivity index (χ0) is 24.6. The molecule has 0 radical (unpaired) electrons. The Balaban J connectivity index is 1.63. The molecule has 0 amide bonds. The molecular formula is C26H26ClN3O5. The van der Waals surface area contributed by atoms with E-state index in [4.69, 9.17) is 46.0 Å². The van der Waals surface area contributed by atoms with Crippen LogP contribution in [0.3, 0.4) is 0 Å². The highest BCUT2D eigenvalue weighted by Crippen LogP contribution is 2.35. The number of halogens is 1. The van der Waals surface area contributed by atoms with Gasteiger partial charge in [0.25, 0.3) is 0 Å². The highest BCUT2D eigenvalue weighted by atomic mass is 35.5. The summed E-state index contributed by atoms with van der Waals surface area (Å²) in [6.07, 6.45) is 0. The minimum absolute atomic E-state index is 0.335. The van der Waals surface area contributed by atoms with Crippen LogP contribution in [0.2, 0.25) is 5.02 Å². The average Bonchev–Trinajstić information content (AvgIpc) is 2.86. The van der Waals surface area contributed by atoms with E-state index in [0.29, 0.717) is 77.0 Å². The van der Waals surface area contributed by atoms with Gasteiger partial charge in [-0.3, -0.25) is 0 Å². The maximum atomic E-state index is 6.31. The SMILES string of the molecule is COCCOc1cc2nc(-c3ccc(Oc4ccccc4Cl)cc3)nc(N)c2cc1OCCOC. The lowest BCUT2D eigenvalue weighted by molar-refractivity contribution is 0.132. The average molecular weight is 496 g/mol. The number of anilines is 1. The number of aromatic nitrogens is 2. The number of para-hydroxylation sites is 1. The van der Waals surface area contributed by atoms with Crippen molar-refractivity contribution in [2.75, 3.05) is 46.4 Å². The number of fused-ring (bicyclic) bond motifs is 1. The van der Waals surface area contributed by atoms with Crippen LogP contribution in [0.4, 0.5) is 5.82 Å². The first kappa shape index (κ1) is 24.5. The number of methoxy groups -OCH3 is 2. The molecular weight excluding hydrogens is 470 g/mol. The molecule has 1 heterocycles. The van der Waals surface area contributed by atoms with Gasteiger partial charge in [-0.15, -0.1) is 0 Å². The van der Waals surface area contributed by atoms with Crippen molar-refractivity contribution < 1.29 is 23.7 Å². The highest BCUT2D eigenvalue weighted by Gasteiger charge is 2.14. The van der Waals surface area contributed by atoms with Gasteiger partial charge >= 0.3 is 0 Å². The molecule has 4 aromatic rings. The van der Waals surface area contributed by atoms with Crippen LogP contribution in [0.15, 0.2) is 60.7 Å². The first-order valence-corrected chi connectivity index (χ1v) is 11.3. The van der Waals surface area contributed by atoms with Crippen LogP contribution in [0.1, 0.15) is 0 Å². The lowest BCUT2D eigenvalue weighted by Crippen LogP contribution is -2.09. The number of nitrogens with two attached hydrogens (primary N) is 1. The summed E-state index contributed by atoms with van der Waals surface area (Å²) in [6.45, 7) is 1.61. The van der Waals surface area contributed by atoms with Crippen LogP contribution < -0.4 is 19.9 Å². The van der Waals surface area contributed by atoms with Crippen molar-refractivity contribution in [1.82, 2.24) is 9.97 Å². The predicted molar refractivity (Wildman–Crippen MR) is 136 cm³/mol. The Morgan fingerprint density at radius 1 is 0.771 bits per heavy atom. The second-order valence-electron chi connectivity index (χ2n) is 7.49. The molecule has 0 bridgehead atoms. The van der Waals surface area contributed by atoms with Crippen LogP contribution in [-0.4, -0.2) is 50.6 Å². The number of ether oxygens (including phenoxy) is 5. The number of benzene rings is 3. The molecule has 182 valence electrons. The largest absolute Gasteiger partial charge is 0.487 e. The molecule has 2 N–H and O–H groups in total. The fourth-order valence-corrected chi connectivity index (χ4v) is 3.49. The van der Waals surface area contributed by atoms with Crippen LogP contribution in [0.25, 0.3) is 22.3 Å². The van der Waals surface area contributed by atoms with E-state index in [1.807, 2.05) is 42.5 Å². The second-order valence-corrected chi connectivity index (χ2v) is 7.90. The van der Waals surface area contributed by atoms with Crippen LogP contribution in [0, 0.1) is 0 Å². The van der Waals surface area contributed by atoms with Crippen LogP contribution in [0.5, 0.6) is 23.0 Å². The van der Waals surface area contributed by atoms with E-state index in [-0.39, 0.29) is 0 Å². The summed E-state index contributed by atoms with van der Waals surface area (Å²) in [7, 11) is 3.23. The number of hydrogen-bond donors (Lipinski definition) is 1. The molecule has 0 aliphatic rings. The van der Waals surface area contributed by atoms with E-state index >= 15 is 0 Å². The summed E-state index contributed by atoms with van der Waals surface area (Å²) >= 11 is 6.18. The molecule has 0 saturated heterocycles. The maximum absolute atomic E-state index is 6.31. The summed E-state index contributed by atoms with van der Waals surface area (Å²) < 4.78 is 27.7. The van der Waals surface area contributed by atoms with E-state index in [0.717, 1.165) is 5.56 Å². The molecule has 8 nitrogen and oxygen atoms in total. The lowest BCUT2D eigenvalue weighted by atomic mass is 10.1. The molecule has 0 fully saturated rings. The van der Waals surface area contributed by atoms with Gasteiger partial charge < -0.3 is 29.4 Å². The predicted octanol–water partition coefficient (Wildman–Crippen LogP) is 5.38. The number of hydrogen-bond acceptors (Lipinski definition) is 8. The third kappa shape index (κ3) is 6.10. The zero-order valence-corrected chi connectivity index (χ0v) is 20.2. The van der Waals surface area contributed by atoms with E-state index in [2.05, 4.69) is 4.98 Å². The number of rotatable bonds is 11. The first-order valence-electron chi connectivity index (χ1n) is 11.0. The van der Waals surface area contributed by atoms with Gasteiger partial charge in [0, 0.05) is 31.2 Å². The minimum Gasteiger partial charge on any atom is -0.487 e. The van der Waals surface area contributed by atoms with Crippen molar-refractivity contribution in [3.8, 4) is 34.4 Å². The maximum Gasteiger partial charge on any atom is 0.163 e. The standard InChI is InChI=1S/C26H26ClN3O5/c1-31-11-13-33-23-15-19-21(16-24(23)34-14-12-32-2)29-26(30-25(19)28)17-7-9-18(10-8-17)35-22-6-4-3-5-20(22)27/h3-10,15-16H,11-14H2,1-2H3,(H2,28,29,30). The number of nitrogen functional groups attached to an aromatic ring is 1. The topological polar surface area (TPSA) is 98.0 Å². The molecule has 0 aliphatic carbocycles. The zero-order valence-electron chi connectivity index (χ0n) is 19.5. The molecule has 0 saturated carbocycles. The van der Waals surface area contributed by atoms with Gasteiger partial charge in [0.15, 0.2) is 17.3 Å². The van der Waals surface area contributed by atoms with Gasteiger partial charge in [0.05, 0.1) is 23.8 Å². The fraction of sp³-hybridized carbons (Fsp3) is 0.231. The molecule has 0 atom stereocenters.